The van der Waals surface area contributed by atoms with Crippen LogP contribution in [0.5, 0.6) is 5.75 Å². The summed E-state index contributed by atoms with van der Waals surface area (Å²) in [5.74, 6) is 0.409. The Morgan fingerprint density at radius 1 is 1.29 bits per heavy atom. The van der Waals surface area contributed by atoms with Gasteiger partial charge in [-0.25, -0.2) is 4.98 Å². The molecule has 28 heavy (non-hydrogen) atoms. The number of aromatic hydroxyl groups is 1. The maximum Gasteiger partial charge on any atom is 0.190 e. The largest absolute Gasteiger partial charge is 0.508 e. The van der Waals surface area contributed by atoms with Crippen molar-refractivity contribution in [1.29, 1.82) is 0 Å². The number of fused-ring (bicyclic) bond motifs is 1. The predicted octanol–water partition coefficient (Wildman–Crippen LogP) is 1.68. The maximum absolute atomic E-state index is 9.91. The molecule has 0 saturated carbocycles. The van der Waals surface area contributed by atoms with Crippen molar-refractivity contribution in [2.24, 2.45) is 7.05 Å². The number of aryl methyl sites for hydroxylation is 1. The first-order valence-electron chi connectivity index (χ1n) is 9.49. The number of hydrogen-bond acceptors (Lipinski definition) is 7. The average molecular weight is 389 g/mol. The molecule has 0 spiro atoms. The minimum Gasteiger partial charge on any atom is -0.508 e. The summed E-state index contributed by atoms with van der Waals surface area (Å²) in [6.45, 7) is 5.17. The van der Waals surface area contributed by atoms with Crippen molar-refractivity contribution in [2.45, 2.75) is 57.4 Å². The Labute approximate surface area is 164 Å². The van der Waals surface area contributed by atoms with Crippen molar-refractivity contribution in [3.05, 3.63) is 48.0 Å². The molecule has 4 atom stereocenters. The van der Waals surface area contributed by atoms with E-state index in [9.17, 15) is 5.11 Å². The van der Waals surface area contributed by atoms with E-state index in [1.54, 1.807) is 18.3 Å². The first-order chi connectivity index (χ1) is 13.4. The van der Waals surface area contributed by atoms with Gasteiger partial charge in [-0.15, -0.1) is 0 Å². The zero-order chi connectivity index (χ0) is 19.7. The first-order valence-corrected chi connectivity index (χ1v) is 9.49. The highest BCUT2D eigenvalue weighted by Gasteiger charge is 2.55. The fraction of sp³-hybridized carbons (Fsp3) is 0.550. The Hall–Kier alpha value is -1.97. The molecule has 0 amide bonds. The molecule has 0 bridgehead atoms. The van der Waals surface area contributed by atoms with Crippen LogP contribution < -0.4 is 5.32 Å². The molecule has 2 N–H and O–H groups in total. The van der Waals surface area contributed by atoms with Gasteiger partial charge >= 0.3 is 0 Å². The molecular formula is C20H27N3O5. The van der Waals surface area contributed by atoms with Gasteiger partial charge in [0.2, 0.25) is 0 Å². The number of ether oxygens (including phenoxy) is 4. The van der Waals surface area contributed by atoms with Crippen molar-refractivity contribution in [3.63, 3.8) is 0 Å². The number of nitrogens with zero attached hydrogens (tertiary/aromatic N) is 2. The zero-order valence-corrected chi connectivity index (χ0v) is 16.4. The third-order valence-corrected chi connectivity index (χ3v) is 5.07. The van der Waals surface area contributed by atoms with Gasteiger partial charge in [-0.2, -0.15) is 0 Å². The van der Waals surface area contributed by atoms with Crippen LogP contribution in [0.3, 0.4) is 0 Å². The Balaban J connectivity index is 1.40. The molecule has 2 saturated heterocycles. The summed E-state index contributed by atoms with van der Waals surface area (Å²) in [5.41, 5.74) is 0.833. The quantitative estimate of drug-likeness (QED) is 0.745. The third-order valence-electron chi connectivity index (χ3n) is 5.07. The van der Waals surface area contributed by atoms with E-state index in [1.807, 2.05) is 43.8 Å². The van der Waals surface area contributed by atoms with Gasteiger partial charge in [0.25, 0.3) is 0 Å². The Bertz CT molecular complexity index is 809. The summed E-state index contributed by atoms with van der Waals surface area (Å²) in [5, 5.41) is 13.2. The van der Waals surface area contributed by atoms with Crippen LogP contribution in [-0.2, 0) is 39.1 Å². The predicted molar refractivity (Wildman–Crippen MR) is 100 cm³/mol. The van der Waals surface area contributed by atoms with Crippen LogP contribution in [0.1, 0.15) is 25.2 Å². The standard InChI is InChI=1S/C20H27N3O5/c1-20(2)27-18-17(25-12-16-22-8-9-23(16)3)15(26-19(18)28-20)11-21-10-13-6-4-5-7-14(13)24/h4-9,15,17-19,21,24H,10-12H2,1-3H3/t15-,17+,18-,19-/m1/s1. The lowest BCUT2D eigenvalue weighted by atomic mass is 10.1. The number of benzene rings is 1. The molecule has 0 aliphatic carbocycles. The molecule has 8 nitrogen and oxygen atoms in total. The summed E-state index contributed by atoms with van der Waals surface area (Å²) >= 11 is 0. The molecule has 2 aliphatic rings. The normalized spacial score (nSPS) is 28.5. The minimum atomic E-state index is -0.700. The van der Waals surface area contributed by atoms with Crippen LogP contribution in [0.4, 0.5) is 0 Å². The average Bonchev–Trinajstić information content (AvgIpc) is 3.27. The number of imidazole rings is 1. The molecular weight excluding hydrogens is 362 g/mol. The van der Waals surface area contributed by atoms with E-state index < -0.39 is 12.1 Å². The monoisotopic (exact) mass is 389 g/mol. The summed E-state index contributed by atoms with van der Waals surface area (Å²) in [4.78, 5) is 4.31. The molecule has 0 unspecified atom stereocenters. The molecule has 0 radical (unpaired) electrons. The molecule has 2 fully saturated rings. The van der Waals surface area contributed by atoms with Crippen molar-refractivity contribution >= 4 is 0 Å². The highest BCUT2D eigenvalue weighted by molar-refractivity contribution is 5.31. The van der Waals surface area contributed by atoms with E-state index in [4.69, 9.17) is 18.9 Å². The van der Waals surface area contributed by atoms with E-state index in [-0.39, 0.29) is 24.1 Å². The number of hydrogen-bond donors (Lipinski definition) is 2. The fourth-order valence-electron chi connectivity index (χ4n) is 3.63. The summed E-state index contributed by atoms with van der Waals surface area (Å²) in [6.07, 6.45) is 2.34. The minimum absolute atomic E-state index is 0.239. The van der Waals surface area contributed by atoms with Gasteiger partial charge < -0.3 is 33.9 Å². The second-order valence-corrected chi connectivity index (χ2v) is 7.63. The zero-order valence-electron chi connectivity index (χ0n) is 16.4. The first kappa shape index (κ1) is 19.4. The van der Waals surface area contributed by atoms with Crippen LogP contribution in [0.2, 0.25) is 0 Å². The Morgan fingerprint density at radius 3 is 2.86 bits per heavy atom. The van der Waals surface area contributed by atoms with E-state index in [1.165, 1.54) is 0 Å². The topological polar surface area (TPSA) is 87.0 Å². The molecule has 2 aromatic rings. The number of nitrogens with one attached hydrogen (secondary N) is 1. The maximum atomic E-state index is 9.91. The fourth-order valence-corrected chi connectivity index (χ4v) is 3.63. The highest BCUT2D eigenvalue weighted by atomic mass is 16.8. The van der Waals surface area contributed by atoms with E-state index in [0.717, 1.165) is 11.4 Å². The summed E-state index contributed by atoms with van der Waals surface area (Å²) in [6, 6.07) is 7.26. The van der Waals surface area contributed by atoms with Crippen LogP contribution in [0.25, 0.3) is 0 Å². The molecule has 152 valence electrons. The van der Waals surface area contributed by atoms with Crippen molar-refractivity contribution in [1.82, 2.24) is 14.9 Å². The molecule has 2 aliphatic heterocycles. The molecule has 3 heterocycles. The van der Waals surface area contributed by atoms with Gasteiger partial charge in [0, 0.05) is 38.1 Å². The molecule has 4 rings (SSSR count). The van der Waals surface area contributed by atoms with Crippen LogP contribution >= 0.6 is 0 Å². The molecule has 1 aromatic heterocycles. The lowest BCUT2D eigenvalue weighted by Crippen LogP contribution is -2.41. The number of phenolic OH excluding ortho intramolecular Hbond substituents is 1. The third kappa shape index (κ3) is 4.06. The smallest absolute Gasteiger partial charge is 0.190 e. The van der Waals surface area contributed by atoms with Gasteiger partial charge in [0.1, 0.15) is 36.5 Å². The second kappa shape index (κ2) is 7.81. The van der Waals surface area contributed by atoms with Crippen molar-refractivity contribution < 1.29 is 24.1 Å². The van der Waals surface area contributed by atoms with Gasteiger partial charge in [0.05, 0.1) is 0 Å². The lowest BCUT2D eigenvalue weighted by molar-refractivity contribution is -0.218. The highest BCUT2D eigenvalue weighted by Crippen LogP contribution is 2.38. The van der Waals surface area contributed by atoms with Crippen molar-refractivity contribution in [3.8, 4) is 5.75 Å². The lowest BCUT2D eigenvalue weighted by Gasteiger charge is -2.26. The van der Waals surface area contributed by atoms with E-state index in [2.05, 4.69) is 10.3 Å². The van der Waals surface area contributed by atoms with Gasteiger partial charge in [-0.1, -0.05) is 18.2 Å². The Morgan fingerprint density at radius 2 is 2.11 bits per heavy atom. The SMILES string of the molecule is Cn1ccnc1CO[C@@H]1[C@H]2OC(C)(C)O[C@H]2O[C@@H]1CNCc1ccccc1O. The van der Waals surface area contributed by atoms with Gasteiger partial charge in [0.15, 0.2) is 12.1 Å². The van der Waals surface area contributed by atoms with E-state index >= 15 is 0 Å². The van der Waals surface area contributed by atoms with Crippen molar-refractivity contribution in [2.75, 3.05) is 6.54 Å². The van der Waals surface area contributed by atoms with Gasteiger partial charge in [-0.3, -0.25) is 0 Å². The van der Waals surface area contributed by atoms with Gasteiger partial charge in [-0.05, 0) is 19.9 Å². The van der Waals surface area contributed by atoms with Crippen LogP contribution in [-0.4, -0.2) is 51.6 Å². The van der Waals surface area contributed by atoms with E-state index in [0.29, 0.717) is 19.7 Å². The summed E-state index contributed by atoms with van der Waals surface area (Å²) in [7, 11) is 1.93. The van der Waals surface area contributed by atoms with Crippen LogP contribution in [0.15, 0.2) is 36.7 Å². The Kier molecular flexibility index (Phi) is 5.39. The van der Waals surface area contributed by atoms with Crippen LogP contribution in [0, 0.1) is 0 Å². The second-order valence-electron chi connectivity index (χ2n) is 7.63. The molecule has 1 aromatic carbocycles. The number of phenols is 1. The summed E-state index contributed by atoms with van der Waals surface area (Å²) < 4.78 is 26.1. The number of aromatic nitrogens is 2. The number of rotatable bonds is 7. The molecule has 8 heteroatoms. The number of para-hydroxylation sites is 1.